The number of rotatable bonds is 4. The molecule has 2 aromatic rings. The third kappa shape index (κ3) is 4.00. The van der Waals surface area contributed by atoms with E-state index >= 15 is 0 Å². The van der Waals surface area contributed by atoms with Crippen LogP contribution in [0.5, 0.6) is 0 Å². The van der Waals surface area contributed by atoms with Gasteiger partial charge < -0.3 is 30.3 Å². The highest BCUT2D eigenvalue weighted by Gasteiger charge is 2.50. The number of sulfonamides is 1. The highest BCUT2D eigenvalue weighted by Crippen LogP contribution is 2.35. The second-order valence-electron chi connectivity index (χ2n) is 7.87. The van der Waals surface area contributed by atoms with Crippen molar-refractivity contribution in [2.45, 2.75) is 35.5 Å². The molecule has 1 aromatic heterocycles. The summed E-state index contributed by atoms with van der Waals surface area (Å²) in [5.41, 5.74) is -0.646. The summed E-state index contributed by atoms with van der Waals surface area (Å²) >= 11 is 0. The van der Waals surface area contributed by atoms with Crippen LogP contribution in [0.2, 0.25) is 0 Å². The van der Waals surface area contributed by atoms with E-state index in [-0.39, 0.29) is 16.3 Å². The van der Waals surface area contributed by atoms with Crippen molar-refractivity contribution in [1.29, 1.82) is 0 Å². The molecule has 5 atom stereocenters. The first kappa shape index (κ1) is 24.6. The molecule has 0 bridgehead atoms. The number of pyridine rings is 1. The van der Waals surface area contributed by atoms with Crippen LogP contribution in [0.1, 0.15) is 11.8 Å². The lowest BCUT2D eigenvalue weighted by molar-refractivity contribution is -0.765. The van der Waals surface area contributed by atoms with Gasteiger partial charge in [0.1, 0.15) is 18.3 Å². The molecule has 1 aromatic carbocycles. The van der Waals surface area contributed by atoms with Gasteiger partial charge in [-0.25, -0.2) is 27.9 Å². The molecule has 0 aliphatic carbocycles. The number of benzene rings is 1. The van der Waals surface area contributed by atoms with Crippen molar-refractivity contribution in [2.24, 2.45) is 0 Å². The predicted molar refractivity (Wildman–Crippen MR) is 116 cm³/mol. The van der Waals surface area contributed by atoms with Crippen LogP contribution >= 0.6 is 0 Å². The number of fused-ring (bicyclic) bond motifs is 1. The van der Waals surface area contributed by atoms with Crippen LogP contribution in [0, 0.1) is 0 Å². The maximum absolute atomic E-state index is 13.2. The molecule has 186 valence electrons. The lowest BCUT2D eigenvalue weighted by atomic mass is 9.98. The molecule has 35 heavy (non-hydrogen) atoms. The molecule has 1 saturated heterocycles. The molecule has 1 amide bonds. The van der Waals surface area contributed by atoms with E-state index in [0.29, 0.717) is 4.31 Å². The van der Waals surface area contributed by atoms with Crippen LogP contribution in [0.25, 0.3) is 5.76 Å². The number of ether oxygens (including phenoxy) is 1. The summed E-state index contributed by atoms with van der Waals surface area (Å²) in [6.07, 6.45) is -7.72. The second-order valence-corrected chi connectivity index (χ2v) is 9.81. The number of carbonyl (C=O) groups excluding carboxylic acids is 1. The van der Waals surface area contributed by atoms with Crippen LogP contribution < -0.4 is 9.88 Å². The number of nitrogens with one attached hydrogen (secondary N) is 1. The van der Waals surface area contributed by atoms with Crippen LogP contribution in [-0.2, 0) is 24.3 Å². The Bertz CT molecular complexity index is 1330. The van der Waals surface area contributed by atoms with Crippen LogP contribution in [0.4, 0.5) is 5.82 Å². The number of aliphatic carboxylic acids is 1. The minimum Gasteiger partial charge on any atom is -0.505 e. The van der Waals surface area contributed by atoms with Gasteiger partial charge in [0.25, 0.3) is 15.8 Å². The van der Waals surface area contributed by atoms with Gasteiger partial charge in [0.15, 0.2) is 17.6 Å². The molecule has 13 nitrogen and oxygen atoms in total. The zero-order valence-corrected chi connectivity index (χ0v) is 18.9. The summed E-state index contributed by atoms with van der Waals surface area (Å²) in [5.74, 6) is -3.31. The molecule has 14 heteroatoms. The molecule has 6 N–H and O–H groups in total. The highest BCUT2D eigenvalue weighted by molar-refractivity contribution is 7.89. The first-order valence-corrected chi connectivity index (χ1v) is 11.7. The Kier molecular flexibility index (Phi) is 6.25. The van der Waals surface area contributed by atoms with Gasteiger partial charge in [0.05, 0.1) is 11.1 Å². The minimum atomic E-state index is -4.15. The Labute approximate surface area is 198 Å². The molecule has 3 heterocycles. The number of amides is 1. The molecule has 4 rings (SSSR count). The summed E-state index contributed by atoms with van der Waals surface area (Å²) < 4.78 is 32.8. The number of likely N-dealkylation sites (N-methyl/N-ethyl adjacent to an activating group) is 1. The Morgan fingerprint density at radius 2 is 1.69 bits per heavy atom. The van der Waals surface area contributed by atoms with Crippen molar-refractivity contribution in [2.75, 3.05) is 12.4 Å². The maximum atomic E-state index is 13.2. The van der Waals surface area contributed by atoms with Crippen molar-refractivity contribution in [3.05, 3.63) is 59.9 Å². The summed E-state index contributed by atoms with van der Waals surface area (Å²) in [7, 11) is -3.06. The fourth-order valence-corrected chi connectivity index (χ4v) is 5.33. The van der Waals surface area contributed by atoms with Crippen LogP contribution in [0.15, 0.2) is 59.3 Å². The summed E-state index contributed by atoms with van der Waals surface area (Å²) in [6, 6.07) is 9.88. The smallest absolute Gasteiger partial charge is 0.360 e. The first-order chi connectivity index (χ1) is 16.5. The van der Waals surface area contributed by atoms with Crippen molar-refractivity contribution in [1.82, 2.24) is 4.31 Å². The van der Waals surface area contributed by atoms with E-state index in [2.05, 4.69) is 5.32 Å². The number of aliphatic hydroxyl groups is 4. The van der Waals surface area contributed by atoms with E-state index in [4.69, 9.17) is 4.74 Å². The van der Waals surface area contributed by atoms with Crippen molar-refractivity contribution >= 4 is 33.5 Å². The lowest BCUT2D eigenvalue weighted by Crippen LogP contribution is -2.64. The lowest BCUT2D eigenvalue weighted by Gasteiger charge is -2.37. The Morgan fingerprint density at radius 3 is 2.37 bits per heavy atom. The molecular formula is C21H22N3O10S+. The van der Waals surface area contributed by atoms with Gasteiger partial charge in [-0.3, -0.25) is 4.31 Å². The fourth-order valence-electron chi connectivity index (χ4n) is 3.94. The zero-order chi connectivity index (χ0) is 25.7. The Morgan fingerprint density at radius 1 is 1.03 bits per heavy atom. The van der Waals surface area contributed by atoms with Crippen LogP contribution in [0.3, 0.4) is 0 Å². The largest absolute Gasteiger partial charge is 0.505 e. The molecule has 2 aliphatic rings. The number of anilines is 1. The van der Waals surface area contributed by atoms with E-state index in [0.717, 1.165) is 11.6 Å². The predicted octanol–water partition coefficient (Wildman–Crippen LogP) is -1.46. The molecular weight excluding hydrogens is 486 g/mol. The SMILES string of the molecule is CN1C(C(=O)Nc2cccc[n+]2[C@@H]2O[C@H](C(=O)O)[C@@H](O)[C@H](O)[C@H]2O)=C(O)c2ccccc2S1(=O)=O. The van der Waals surface area contributed by atoms with Crippen molar-refractivity contribution in [3.63, 3.8) is 0 Å². The fraction of sp³-hybridized carbons (Fsp3) is 0.286. The van der Waals surface area contributed by atoms with Crippen molar-refractivity contribution < 1.29 is 52.8 Å². The summed E-state index contributed by atoms with van der Waals surface area (Å²) in [6.45, 7) is 0. The van der Waals surface area contributed by atoms with E-state index in [1.165, 1.54) is 48.7 Å². The number of nitrogens with zero attached hydrogens (tertiary/aromatic N) is 2. The summed E-state index contributed by atoms with van der Waals surface area (Å²) in [4.78, 5) is 24.4. The van der Waals surface area contributed by atoms with Gasteiger partial charge in [-0.2, -0.15) is 0 Å². The number of carboxylic acids is 1. The van der Waals surface area contributed by atoms with Gasteiger partial charge >= 0.3 is 11.9 Å². The van der Waals surface area contributed by atoms with Gasteiger partial charge in [0.2, 0.25) is 6.23 Å². The molecule has 0 spiro atoms. The van der Waals surface area contributed by atoms with E-state index in [9.17, 15) is 43.5 Å². The molecule has 0 radical (unpaired) electrons. The number of aromatic nitrogens is 1. The highest BCUT2D eigenvalue weighted by atomic mass is 32.2. The average molecular weight is 508 g/mol. The summed E-state index contributed by atoms with van der Waals surface area (Å²) in [5, 5.41) is 52.9. The quantitative estimate of drug-likeness (QED) is 0.265. The third-order valence-electron chi connectivity index (χ3n) is 5.77. The average Bonchev–Trinajstić information content (AvgIpc) is 2.82. The molecule has 1 fully saturated rings. The van der Waals surface area contributed by atoms with Crippen LogP contribution in [-0.4, -0.2) is 81.6 Å². The van der Waals surface area contributed by atoms with E-state index in [1.54, 1.807) is 0 Å². The Hall–Kier alpha value is -3.56. The normalized spacial score (nSPS) is 27.8. The third-order valence-corrected chi connectivity index (χ3v) is 7.59. The van der Waals surface area contributed by atoms with Crippen molar-refractivity contribution in [3.8, 4) is 0 Å². The standard InChI is InChI=1S/C21H21N3O10S/c1-23-13(14(25)10-6-2-3-7-11(10)35(23,32)33)19(29)22-12-8-4-5-9-24(12)20-17(28)15(26)16(27)18(34-20)21(30)31/h2-9,15-18,20,26-28H,1H3,(H2,25,29,30,31)/p+1/t15-,16-,17+,18-,20+/m0/s1. The van der Waals surface area contributed by atoms with Gasteiger partial charge in [-0.1, -0.05) is 18.2 Å². The number of hydrogen-bond donors (Lipinski definition) is 6. The van der Waals surface area contributed by atoms with Gasteiger partial charge in [-0.15, -0.1) is 0 Å². The minimum absolute atomic E-state index is 0.0656. The second kappa shape index (κ2) is 8.90. The van der Waals surface area contributed by atoms with Gasteiger partial charge in [-0.05, 0) is 18.2 Å². The number of carboxylic acid groups (broad SMARTS) is 1. The van der Waals surface area contributed by atoms with E-state index < -0.39 is 64.0 Å². The molecule has 0 saturated carbocycles. The maximum Gasteiger partial charge on any atom is 0.360 e. The monoisotopic (exact) mass is 508 g/mol. The first-order valence-electron chi connectivity index (χ1n) is 10.2. The zero-order valence-electron chi connectivity index (χ0n) is 18.1. The number of carbonyl (C=O) groups is 2. The Balaban J connectivity index is 1.72. The number of hydrogen-bond acceptors (Lipinski definition) is 9. The number of aliphatic hydroxyl groups excluding tert-OH is 4. The molecule has 0 unspecified atom stereocenters. The molecule has 2 aliphatic heterocycles. The van der Waals surface area contributed by atoms with Gasteiger partial charge in [0, 0.05) is 18.7 Å². The topological polar surface area (TPSA) is 198 Å². The van der Waals surface area contributed by atoms with E-state index in [1.807, 2.05) is 0 Å².